The predicted molar refractivity (Wildman–Crippen MR) is 82.4 cm³/mol. The van der Waals surface area contributed by atoms with Gasteiger partial charge in [-0.1, -0.05) is 52.0 Å². The van der Waals surface area contributed by atoms with E-state index in [0.29, 0.717) is 18.4 Å². The first-order valence-electron chi connectivity index (χ1n) is 7.43. The molecule has 0 aliphatic rings. The molecule has 0 fully saturated rings. The van der Waals surface area contributed by atoms with Crippen molar-refractivity contribution in [3.8, 4) is 0 Å². The Morgan fingerprint density at radius 2 is 1.47 bits per heavy atom. The lowest BCUT2D eigenvalue weighted by atomic mass is 9.88. The number of hydrogen-bond donors (Lipinski definition) is 2. The highest BCUT2D eigenvalue weighted by molar-refractivity contribution is 5.28. The van der Waals surface area contributed by atoms with E-state index in [0.717, 1.165) is 18.4 Å². The fourth-order valence-corrected chi connectivity index (χ4v) is 2.35. The SMILES string of the molecule is CC(C)CCC(O)C(CN)c1ccc(C(C)C)cc1. The zero-order chi connectivity index (χ0) is 14.4. The van der Waals surface area contributed by atoms with Gasteiger partial charge in [-0.25, -0.2) is 0 Å². The summed E-state index contributed by atoms with van der Waals surface area (Å²) in [6.45, 7) is 9.24. The molecule has 0 amide bonds. The summed E-state index contributed by atoms with van der Waals surface area (Å²) in [5, 5.41) is 10.3. The van der Waals surface area contributed by atoms with E-state index in [1.807, 2.05) is 0 Å². The number of aliphatic hydroxyl groups is 1. The van der Waals surface area contributed by atoms with Gasteiger partial charge in [-0.05, 0) is 35.8 Å². The largest absolute Gasteiger partial charge is 0.392 e. The van der Waals surface area contributed by atoms with E-state index in [2.05, 4.69) is 52.0 Å². The smallest absolute Gasteiger partial charge is 0.0621 e. The lowest BCUT2D eigenvalue weighted by Gasteiger charge is -2.23. The Hall–Kier alpha value is -0.860. The van der Waals surface area contributed by atoms with Crippen LogP contribution in [0.1, 0.15) is 63.5 Å². The second-order valence-corrected chi connectivity index (χ2v) is 6.20. The van der Waals surface area contributed by atoms with Crippen LogP contribution in [-0.4, -0.2) is 17.8 Å². The van der Waals surface area contributed by atoms with Crippen molar-refractivity contribution in [2.24, 2.45) is 11.7 Å². The lowest BCUT2D eigenvalue weighted by Crippen LogP contribution is -2.26. The fraction of sp³-hybridized carbons (Fsp3) is 0.647. The van der Waals surface area contributed by atoms with Crippen LogP contribution < -0.4 is 5.73 Å². The van der Waals surface area contributed by atoms with Gasteiger partial charge in [-0.2, -0.15) is 0 Å². The minimum atomic E-state index is -0.336. The average molecular weight is 263 g/mol. The molecule has 2 nitrogen and oxygen atoms in total. The molecule has 0 aliphatic heterocycles. The molecule has 19 heavy (non-hydrogen) atoms. The second-order valence-electron chi connectivity index (χ2n) is 6.20. The third kappa shape index (κ3) is 4.96. The van der Waals surface area contributed by atoms with Crippen molar-refractivity contribution in [3.05, 3.63) is 35.4 Å². The minimum Gasteiger partial charge on any atom is -0.392 e. The number of hydrogen-bond acceptors (Lipinski definition) is 2. The van der Waals surface area contributed by atoms with Crippen LogP contribution in [0.15, 0.2) is 24.3 Å². The summed E-state index contributed by atoms with van der Waals surface area (Å²) in [6, 6.07) is 8.53. The van der Waals surface area contributed by atoms with Gasteiger partial charge in [-0.3, -0.25) is 0 Å². The molecule has 3 N–H and O–H groups in total. The summed E-state index contributed by atoms with van der Waals surface area (Å²) < 4.78 is 0. The summed E-state index contributed by atoms with van der Waals surface area (Å²) in [6.07, 6.45) is 1.53. The third-order valence-electron chi connectivity index (χ3n) is 3.79. The molecule has 0 saturated carbocycles. The van der Waals surface area contributed by atoms with E-state index in [9.17, 15) is 5.11 Å². The number of nitrogens with two attached hydrogens (primary N) is 1. The summed E-state index contributed by atoms with van der Waals surface area (Å²) in [5.74, 6) is 1.22. The Labute approximate surface area is 118 Å². The van der Waals surface area contributed by atoms with Crippen LogP contribution in [0, 0.1) is 5.92 Å². The van der Waals surface area contributed by atoms with Crippen molar-refractivity contribution in [1.82, 2.24) is 0 Å². The second kappa shape index (κ2) is 7.66. The summed E-state index contributed by atoms with van der Waals surface area (Å²) >= 11 is 0. The summed E-state index contributed by atoms with van der Waals surface area (Å²) in [7, 11) is 0. The zero-order valence-electron chi connectivity index (χ0n) is 12.8. The van der Waals surface area contributed by atoms with E-state index in [-0.39, 0.29) is 12.0 Å². The van der Waals surface area contributed by atoms with Gasteiger partial charge in [0, 0.05) is 12.5 Å². The first-order chi connectivity index (χ1) is 8.95. The lowest BCUT2D eigenvalue weighted by molar-refractivity contribution is 0.129. The van der Waals surface area contributed by atoms with Crippen LogP contribution in [-0.2, 0) is 0 Å². The van der Waals surface area contributed by atoms with Crippen molar-refractivity contribution >= 4 is 0 Å². The fourth-order valence-electron chi connectivity index (χ4n) is 2.35. The zero-order valence-corrected chi connectivity index (χ0v) is 12.8. The molecular weight excluding hydrogens is 234 g/mol. The molecule has 1 aromatic carbocycles. The third-order valence-corrected chi connectivity index (χ3v) is 3.79. The van der Waals surface area contributed by atoms with E-state index in [4.69, 9.17) is 5.73 Å². The van der Waals surface area contributed by atoms with Gasteiger partial charge in [0.05, 0.1) is 6.10 Å². The molecule has 1 rings (SSSR count). The molecule has 1 aromatic rings. The normalized spacial score (nSPS) is 14.9. The summed E-state index contributed by atoms with van der Waals surface area (Å²) in [4.78, 5) is 0. The monoisotopic (exact) mass is 263 g/mol. The van der Waals surface area contributed by atoms with Crippen molar-refractivity contribution in [3.63, 3.8) is 0 Å². The Morgan fingerprint density at radius 3 is 1.89 bits per heavy atom. The van der Waals surface area contributed by atoms with E-state index in [1.165, 1.54) is 5.56 Å². The molecule has 0 radical (unpaired) electrons. The molecule has 0 spiro atoms. The molecule has 0 heterocycles. The van der Waals surface area contributed by atoms with Crippen molar-refractivity contribution in [2.45, 2.75) is 58.5 Å². The standard InChI is InChI=1S/C17H29NO/c1-12(2)5-10-17(19)16(11-18)15-8-6-14(7-9-15)13(3)4/h6-9,12-13,16-17,19H,5,10-11,18H2,1-4H3. The van der Waals surface area contributed by atoms with Crippen LogP contribution in [0.5, 0.6) is 0 Å². The molecular formula is C17H29NO. The Balaban J connectivity index is 2.73. The van der Waals surface area contributed by atoms with E-state index < -0.39 is 0 Å². The van der Waals surface area contributed by atoms with Gasteiger partial charge in [0.25, 0.3) is 0 Å². The van der Waals surface area contributed by atoms with Gasteiger partial charge < -0.3 is 10.8 Å². The maximum atomic E-state index is 10.3. The van der Waals surface area contributed by atoms with E-state index in [1.54, 1.807) is 0 Å². The van der Waals surface area contributed by atoms with Crippen LogP contribution in [0.4, 0.5) is 0 Å². The highest BCUT2D eigenvalue weighted by Crippen LogP contribution is 2.25. The maximum absolute atomic E-state index is 10.3. The molecule has 108 valence electrons. The molecule has 0 aromatic heterocycles. The van der Waals surface area contributed by atoms with Crippen molar-refractivity contribution in [1.29, 1.82) is 0 Å². The molecule has 2 atom stereocenters. The molecule has 0 aliphatic carbocycles. The summed E-state index contributed by atoms with van der Waals surface area (Å²) in [5.41, 5.74) is 8.34. The van der Waals surface area contributed by atoms with Crippen molar-refractivity contribution in [2.75, 3.05) is 6.54 Å². The van der Waals surface area contributed by atoms with Crippen molar-refractivity contribution < 1.29 is 5.11 Å². The van der Waals surface area contributed by atoms with Gasteiger partial charge in [0.1, 0.15) is 0 Å². The number of aliphatic hydroxyl groups excluding tert-OH is 1. The van der Waals surface area contributed by atoms with E-state index >= 15 is 0 Å². The van der Waals surface area contributed by atoms with Crippen LogP contribution >= 0.6 is 0 Å². The van der Waals surface area contributed by atoms with Crippen LogP contribution in [0.2, 0.25) is 0 Å². The highest BCUT2D eigenvalue weighted by atomic mass is 16.3. The minimum absolute atomic E-state index is 0.0555. The first-order valence-corrected chi connectivity index (χ1v) is 7.43. The maximum Gasteiger partial charge on any atom is 0.0621 e. The molecule has 0 bridgehead atoms. The highest BCUT2D eigenvalue weighted by Gasteiger charge is 2.19. The quantitative estimate of drug-likeness (QED) is 0.789. The topological polar surface area (TPSA) is 46.2 Å². The first kappa shape index (κ1) is 16.2. The Morgan fingerprint density at radius 1 is 0.947 bits per heavy atom. The molecule has 2 heteroatoms. The number of benzene rings is 1. The molecule has 0 saturated heterocycles. The number of rotatable bonds is 7. The average Bonchev–Trinajstić information content (AvgIpc) is 2.37. The van der Waals surface area contributed by atoms with Crippen LogP contribution in [0.25, 0.3) is 0 Å². The van der Waals surface area contributed by atoms with Gasteiger partial charge >= 0.3 is 0 Å². The van der Waals surface area contributed by atoms with Gasteiger partial charge in [0.2, 0.25) is 0 Å². The molecule has 2 unspecified atom stereocenters. The Kier molecular flexibility index (Phi) is 6.53. The predicted octanol–water partition coefficient (Wildman–Crippen LogP) is 3.65. The van der Waals surface area contributed by atoms with Gasteiger partial charge in [0.15, 0.2) is 0 Å². The van der Waals surface area contributed by atoms with Gasteiger partial charge in [-0.15, -0.1) is 0 Å². The Bertz CT molecular complexity index is 356. The van der Waals surface area contributed by atoms with Crippen LogP contribution in [0.3, 0.4) is 0 Å².